The number of likely N-dealkylation sites (N-methyl/N-ethyl adjacent to an activating group) is 1. The molecule has 3 N–H and O–H groups in total. The molecule has 0 bridgehead atoms. The summed E-state index contributed by atoms with van der Waals surface area (Å²) in [5.41, 5.74) is 0.866. The van der Waals surface area contributed by atoms with Crippen LogP contribution >= 0.6 is 0 Å². The van der Waals surface area contributed by atoms with Crippen molar-refractivity contribution in [2.75, 3.05) is 38.5 Å². The van der Waals surface area contributed by atoms with Crippen LogP contribution in [0.3, 0.4) is 0 Å². The lowest BCUT2D eigenvalue weighted by Crippen LogP contribution is -2.55. The quantitative estimate of drug-likeness (QED) is 0.351. The lowest BCUT2D eigenvalue weighted by molar-refractivity contribution is -0.138. The molecule has 1 saturated heterocycles. The van der Waals surface area contributed by atoms with Gasteiger partial charge >= 0.3 is 0 Å². The van der Waals surface area contributed by atoms with Gasteiger partial charge in [0.1, 0.15) is 23.6 Å². The predicted molar refractivity (Wildman–Crippen MR) is 170 cm³/mol. The van der Waals surface area contributed by atoms with Crippen molar-refractivity contribution in [3.63, 3.8) is 0 Å². The van der Waals surface area contributed by atoms with Gasteiger partial charge in [-0.3, -0.25) is 23.9 Å². The van der Waals surface area contributed by atoms with Gasteiger partial charge in [-0.15, -0.1) is 0 Å². The third-order valence-corrected chi connectivity index (χ3v) is 9.35. The number of anilines is 1. The second-order valence-electron chi connectivity index (χ2n) is 12.5. The lowest BCUT2D eigenvalue weighted by atomic mass is 9.79. The average Bonchev–Trinajstić information content (AvgIpc) is 3.53. The van der Waals surface area contributed by atoms with E-state index in [1.54, 1.807) is 41.8 Å². The van der Waals surface area contributed by atoms with Gasteiger partial charge in [-0.25, -0.2) is 4.39 Å². The SMILES string of the molecule is CCC(=O)N[C@H](C(=O)N1CCN(C)CC1)[C@H](C)c1ccc(NC(=O)[C@@H](NC(=O)c2ccnn2CC)C2CCC(C)CC2)c(F)c1. The van der Waals surface area contributed by atoms with E-state index in [-0.39, 0.29) is 29.8 Å². The van der Waals surface area contributed by atoms with Gasteiger partial charge in [0.15, 0.2) is 0 Å². The molecule has 45 heavy (non-hydrogen) atoms. The molecule has 0 unspecified atom stereocenters. The van der Waals surface area contributed by atoms with Gasteiger partial charge in [0, 0.05) is 51.3 Å². The van der Waals surface area contributed by atoms with Crippen molar-refractivity contribution in [3.05, 3.63) is 47.5 Å². The Morgan fingerprint density at radius 2 is 1.69 bits per heavy atom. The van der Waals surface area contributed by atoms with E-state index in [4.69, 9.17) is 0 Å². The minimum atomic E-state index is -0.856. The maximum absolute atomic E-state index is 15.6. The van der Waals surface area contributed by atoms with Gasteiger partial charge in [0.05, 0.1) is 5.69 Å². The van der Waals surface area contributed by atoms with Crippen molar-refractivity contribution < 1.29 is 23.6 Å². The van der Waals surface area contributed by atoms with Gasteiger partial charge in [-0.05, 0) is 62.4 Å². The van der Waals surface area contributed by atoms with Crippen molar-refractivity contribution in [1.82, 2.24) is 30.2 Å². The Kier molecular flexibility index (Phi) is 11.7. The largest absolute Gasteiger partial charge is 0.344 e. The Bertz CT molecular complexity index is 1350. The third kappa shape index (κ3) is 8.47. The first-order valence-corrected chi connectivity index (χ1v) is 16.2. The number of carbonyl (C=O) groups is 4. The van der Waals surface area contributed by atoms with Crippen molar-refractivity contribution in [3.8, 4) is 0 Å². The first kappa shape index (κ1) is 34.1. The molecule has 3 atom stereocenters. The Balaban J connectivity index is 1.52. The number of hydrogen-bond donors (Lipinski definition) is 3. The molecule has 2 aliphatic rings. The molecule has 11 nitrogen and oxygen atoms in total. The zero-order valence-electron chi connectivity index (χ0n) is 27.1. The summed E-state index contributed by atoms with van der Waals surface area (Å²) in [5, 5.41) is 12.6. The Morgan fingerprint density at radius 1 is 1.00 bits per heavy atom. The normalized spacial score (nSPS) is 21.0. The van der Waals surface area contributed by atoms with E-state index in [0.29, 0.717) is 36.8 Å². The summed E-state index contributed by atoms with van der Waals surface area (Å²) in [4.78, 5) is 56.7. The standard InChI is InChI=1S/C33H48FN7O4/c1-6-28(42)37-29(33(45)40-18-16-39(5)17-19-40)22(4)24-12-13-26(25(34)20-24)36-32(44)30(23-10-8-21(3)9-11-23)38-31(43)27-14-15-35-41(27)7-2/h12-15,20-23,29-30H,6-11,16-19H2,1-5H3,(H,36,44)(H,37,42)(H,38,43)/t21?,22-,23?,29+,30+/m1/s1. The van der Waals surface area contributed by atoms with Crippen LogP contribution in [0.1, 0.15) is 81.8 Å². The Labute approximate surface area is 265 Å². The smallest absolute Gasteiger partial charge is 0.270 e. The Hall–Kier alpha value is -3.80. The van der Waals surface area contributed by atoms with E-state index >= 15 is 4.39 Å². The summed E-state index contributed by atoms with van der Waals surface area (Å²) in [6.07, 6.45) is 5.21. The van der Waals surface area contributed by atoms with Gasteiger partial charge in [0.2, 0.25) is 17.7 Å². The molecule has 0 spiro atoms. The maximum Gasteiger partial charge on any atom is 0.270 e. The van der Waals surface area contributed by atoms with Gasteiger partial charge < -0.3 is 25.8 Å². The van der Waals surface area contributed by atoms with Crippen LogP contribution in [0.25, 0.3) is 0 Å². The highest BCUT2D eigenvalue weighted by atomic mass is 19.1. The molecule has 1 aliphatic heterocycles. The minimum Gasteiger partial charge on any atom is -0.344 e. The molecule has 4 amide bonds. The minimum absolute atomic E-state index is 0.0162. The summed E-state index contributed by atoms with van der Waals surface area (Å²) < 4.78 is 17.2. The van der Waals surface area contributed by atoms with Crippen LogP contribution in [-0.4, -0.2) is 88.5 Å². The summed E-state index contributed by atoms with van der Waals surface area (Å²) in [5.74, 6) is -2.06. The zero-order valence-corrected chi connectivity index (χ0v) is 27.1. The van der Waals surface area contributed by atoms with E-state index in [9.17, 15) is 19.2 Å². The number of aromatic nitrogens is 2. The molecular weight excluding hydrogens is 577 g/mol. The predicted octanol–water partition coefficient (Wildman–Crippen LogP) is 3.38. The molecular formula is C33H48FN7O4. The molecule has 4 rings (SSSR count). The third-order valence-electron chi connectivity index (χ3n) is 9.35. The van der Waals surface area contributed by atoms with E-state index in [0.717, 1.165) is 38.8 Å². The maximum atomic E-state index is 15.6. The molecule has 2 aromatic rings. The highest BCUT2D eigenvalue weighted by molar-refractivity contribution is 6.00. The van der Waals surface area contributed by atoms with Crippen LogP contribution in [0.4, 0.5) is 10.1 Å². The lowest BCUT2D eigenvalue weighted by Gasteiger charge is -2.36. The first-order chi connectivity index (χ1) is 21.5. The highest BCUT2D eigenvalue weighted by Gasteiger charge is 2.35. The average molecular weight is 626 g/mol. The van der Waals surface area contributed by atoms with Crippen molar-refractivity contribution >= 4 is 29.3 Å². The number of halogens is 1. The van der Waals surface area contributed by atoms with Crippen LogP contribution < -0.4 is 16.0 Å². The number of benzene rings is 1. The second-order valence-corrected chi connectivity index (χ2v) is 12.5. The molecule has 246 valence electrons. The van der Waals surface area contributed by atoms with E-state index in [1.807, 2.05) is 14.0 Å². The van der Waals surface area contributed by atoms with E-state index in [2.05, 4.69) is 32.9 Å². The molecule has 1 aromatic carbocycles. The van der Waals surface area contributed by atoms with Gasteiger partial charge in [-0.1, -0.05) is 39.7 Å². The fourth-order valence-electron chi connectivity index (χ4n) is 6.23. The number of nitrogens with zero attached hydrogens (tertiary/aromatic N) is 4. The van der Waals surface area contributed by atoms with Crippen molar-refractivity contribution in [2.45, 2.75) is 84.3 Å². The van der Waals surface area contributed by atoms with Crippen LogP contribution in [0, 0.1) is 17.7 Å². The molecule has 2 heterocycles. The van der Waals surface area contributed by atoms with Crippen LogP contribution in [0.15, 0.2) is 30.5 Å². The molecule has 1 aliphatic carbocycles. The summed E-state index contributed by atoms with van der Waals surface area (Å²) >= 11 is 0. The number of rotatable bonds is 11. The number of hydrogen-bond acceptors (Lipinski definition) is 6. The highest BCUT2D eigenvalue weighted by Crippen LogP contribution is 2.32. The number of nitrogens with one attached hydrogen (secondary N) is 3. The summed E-state index contributed by atoms with van der Waals surface area (Å²) in [6, 6.07) is 4.36. The molecule has 12 heteroatoms. The summed E-state index contributed by atoms with van der Waals surface area (Å²) in [6.45, 7) is 10.7. The molecule has 1 aromatic heterocycles. The second kappa shape index (κ2) is 15.5. The monoisotopic (exact) mass is 625 g/mol. The van der Waals surface area contributed by atoms with Crippen molar-refractivity contribution in [1.29, 1.82) is 0 Å². The fourth-order valence-corrected chi connectivity index (χ4v) is 6.23. The molecule has 2 fully saturated rings. The van der Waals surface area contributed by atoms with E-state index < -0.39 is 35.6 Å². The number of amides is 4. The fraction of sp³-hybridized carbons (Fsp3) is 0.606. The molecule has 1 saturated carbocycles. The topological polar surface area (TPSA) is 129 Å². The number of carbonyl (C=O) groups excluding carboxylic acids is 4. The van der Waals surface area contributed by atoms with Crippen LogP contribution in [-0.2, 0) is 20.9 Å². The molecule has 0 radical (unpaired) electrons. The van der Waals surface area contributed by atoms with Crippen molar-refractivity contribution in [2.24, 2.45) is 11.8 Å². The summed E-state index contributed by atoms with van der Waals surface area (Å²) in [7, 11) is 2.00. The van der Waals surface area contributed by atoms with Gasteiger partial charge in [0.25, 0.3) is 5.91 Å². The number of piperazine rings is 1. The first-order valence-electron chi connectivity index (χ1n) is 16.2. The zero-order chi connectivity index (χ0) is 32.7. The van der Waals surface area contributed by atoms with E-state index in [1.165, 1.54) is 12.1 Å². The number of aryl methyl sites for hydroxylation is 1. The van der Waals surface area contributed by atoms with Gasteiger partial charge in [-0.2, -0.15) is 5.10 Å². The Morgan fingerprint density at radius 3 is 2.31 bits per heavy atom. The van der Waals surface area contributed by atoms with Crippen LogP contribution in [0.2, 0.25) is 0 Å². The van der Waals surface area contributed by atoms with Crippen LogP contribution in [0.5, 0.6) is 0 Å².